The van der Waals surface area contributed by atoms with E-state index in [4.69, 9.17) is 4.52 Å². The first-order chi connectivity index (χ1) is 11.9. The lowest BCUT2D eigenvalue weighted by atomic mass is 10.1. The number of carbonyl (C=O) groups excluding carboxylic acids is 1. The Kier molecular flexibility index (Phi) is 4.38. The van der Waals surface area contributed by atoms with E-state index in [0.29, 0.717) is 5.69 Å². The van der Waals surface area contributed by atoms with Crippen LogP contribution in [0.5, 0.6) is 0 Å². The van der Waals surface area contributed by atoms with Crippen LogP contribution in [-0.2, 0) is 13.6 Å². The normalized spacial score (nSPS) is 10.7. The zero-order valence-corrected chi connectivity index (χ0v) is 13.0. The minimum absolute atomic E-state index is 0.00959. The van der Waals surface area contributed by atoms with Crippen molar-refractivity contribution in [1.29, 1.82) is 0 Å². The average molecular weight is 346 g/mol. The molecule has 0 aliphatic rings. The average Bonchev–Trinajstić information content (AvgIpc) is 3.04. The minimum atomic E-state index is -0.777. The van der Waals surface area contributed by atoms with Gasteiger partial charge in [-0.15, -0.1) is 0 Å². The van der Waals surface area contributed by atoms with Crippen LogP contribution in [-0.4, -0.2) is 20.8 Å². The number of nitrogens with one attached hydrogen (secondary N) is 1. The molecule has 0 aliphatic carbocycles. The van der Waals surface area contributed by atoms with Gasteiger partial charge in [0.15, 0.2) is 5.76 Å². The van der Waals surface area contributed by atoms with Gasteiger partial charge in [0.05, 0.1) is 12.1 Å². The summed E-state index contributed by atoms with van der Waals surface area (Å²) in [5.41, 5.74) is 0.137. The minimum Gasteiger partial charge on any atom is -0.356 e. The van der Waals surface area contributed by atoms with Gasteiger partial charge in [0.1, 0.15) is 23.0 Å². The SMILES string of the molecule is Cn1nc(C(=O)NCc2cc(-c3ccc(F)cc3F)on2)ccc1=O. The van der Waals surface area contributed by atoms with E-state index in [-0.39, 0.29) is 29.1 Å². The summed E-state index contributed by atoms with van der Waals surface area (Å²) in [4.78, 5) is 23.3. The molecule has 0 aliphatic heterocycles. The fourth-order valence-electron chi connectivity index (χ4n) is 2.10. The highest BCUT2D eigenvalue weighted by Gasteiger charge is 2.14. The van der Waals surface area contributed by atoms with Crippen molar-refractivity contribution >= 4 is 5.91 Å². The number of nitrogens with zero attached hydrogens (tertiary/aromatic N) is 3. The van der Waals surface area contributed by atoms with Crippen molar-refractivity contribution < 1.29 is 18.1 Å². The molecule has 9 heteroatoms. The highest BCUT2D eigenvalue weighted by molar-refractivity contribution is 5.91. The van der Waals surface area contributed by atoms with Crippen LogP contribution < -0.4 is 10.9 Å². The van der Waals surface area contributed by atoms with Crippen molar-refractivity contribution in [3.05, 3.63) is 69.8 Å². The molecule has 0 saturated heterocycles. The first-order valence-corrected chi connectivity index (χ1v) is 7.17. The van der Waals surface area contributed by atoms with E-state index in [1.54, 1.807) is 0 Å². The molecular weight excluding hydrogens is 334 g/mol. The standard InChI is InChI=1S/C16H12F2N4O3/c1-22-15(23)5-4-13(20-22)16(24)19-8-10-7-14(25-21-10)11-3-2-9(17)6-12(11)18/h2-7H,8H2,1H3,(H,19,24). The largest absolute Gasteiger partial charge is 0.356 e. The Labute approximate surface area is 139 Å². The molecule has 1 N–H and O–H groups in total. The summed E-state index contributed by atoms with van der Waals surface area (Å²) >= 11 is 0. The summed E-state index contributed by atoms with van der Waals surface area (Å²) in [6, 6.07) is 7.05. The second-order valence-electron chi connectivity index (χ2n) is 5.17. The monoisotopic (exact) mass is 346 g/mol. The number of hydrogen-bond donors (Lipinski definition) is 1. The van der Waals surface area contributed by atoms with Crippen molar-refractivity contribution in [3.8, 4) is 11.3 Å². The van der Waals surface area contributed by atoms with E-state index in [0.717, 1.165) is 16.8 Å². The molecule has 3 aromatic rings. The van der Waals surface area contributed by atoms with Crippen LogP contribution in [0.2, 0.25) is 0 Å². The number of carbonyl (C=O) groups is 1. The van der Waals surface area contributed by atoms with Gasteiger partial charge in [-0.25, -0.2) is 13.5 Å². The Morgan fingerprint density at radius 3 is 2.76 bits per heavy atom. The number of hydrogen-bond acceptors (Lipinski definition) is 5. The fraction of sp³-hybridized carbons (Fsp3) is 0.125. The van der Waals surface area contributed by atoms with Gasteiger partial charge in [-0.3, -0.25) is 9.59 Å². The first-order valence-electron chi connectivity index (χ1n) is 7.17. The van der Waals surface area contributed by atoms with Crippen LogP contribution >= 0.6 is 0 Å². The van der Waals surface area contributed by atoms with Crippen molar-refractivity contribution in [2.24, 2.45) is 7.05 Å². The van der Waals surface area contributed by atoms with Crippen LogP contribution in [0.1, 0.15) is 16.2 Å². The van der Waals surface area contributed by atoms with Gasteiger partial charge >= 0.3 is 0 Å². The number of aromatic nitrogens is 3. The Balaban J connectivity index is 1.70. The van der Waals surface area contributed by atoms with E-state index in [1.165, 1.54) is 31.3 Å². The summed E-state index contributed by atoms with van der Waals surface area (Å²) < 4.78 is 32.7. The van der Waals surface area contributed by atoms with Gasteiger partial charge in [-0.2, -0.15) is 5.10 Å². The lowest BCUT2D eigenvalue weighted by Gasteiger charge is -2.03. The van der Waals surface area contributed by atoms with Gasteiger partial charge in [-0.1, -0.05) is 5.16 Å². The predicted molar refractivity (Wildman–Crippen MR) is 82.5 cm³/mol. The summed E-state index contributed by atoms with van der Waals surface area (Å²) in [5, 5.41) is 10.1. The van der Waals surface area contributed by atoms with Gasteiger partial charge in [-0.05, 0) is 18.2 Å². The van der Waals surface area contributed by atoms with E-state index >= 15 is 0 Å². The van der Waals surface area contributed by atoms with Crippen LogP contribution in [0.4, 0.5) is 8.78 Å². The molecule has 3 rings (SSSR count). The zero-order chi connectivity index (χ0) is 18.0. The zero-order valence-electron chi connectivity index (χ0n) is 13.0. The molecule has 0 atom stereocenters. The molecule has 25 heavy (non-hydrogen) atoms. The summed E-state index contributed by atoms with van der Waals surface area (Å²) in [7, 11) is 1.43. The van der Waals surface area contributed by atoms with Gasteiger partial charge in [0, 0.05) is 25.2 Å². The molecule has 2 aromatic heterocycles. The van der Waals surface area contributed by atoms with Crippen molar-refractivity contribution in [2.45, 2.75) is 6.54 Å². The van der Waals surface area contributed by atoms with Crippen LogP contribution in [0, 0.1) is 11.6 Å². The lowest BCUT2D eigenvalue weighted by molar-refractivity contribution is 0.0942. The molecule has 0 fully saturated rings. The van der Waals surface area contributed by atoms with Crippen molar-refractivity contribution in [1.82, 2.24) is 20.3 Å². The Morgan fingerprint density at radius 1 is 1.24 bits per heavy atom. The maximum absolute atomic E-state index is 13.7. The highest BCUT2D eigenvalue weighted by Crippen LogP contribution is 2.24. The fourth-order valence-corrected chi connectivity index (χ4v) is 2.10. The summed E-state index contributed by atoms with van der Waals surface area (Å²) in [6.45, 7) is 0.00959. The quantitative estimate of drug-likeness (QED) is 0.776. The second-order valence-corrected chi connectivity index (χ2v) is 5.17. The molecule has 128 valence electrons. The van der Waals surface area contributed by atoms with Crippen molar-refractivity contribution in [3.63, 3.8) is 0 Å². The molecule has 1 aromatic carbocycles. The third-order valence-corrected chi connectivity index (χ3v) is 3.38. The molecule has 1 amide bonds. The number of amides is 1. The lowest BCUT2D eigenvalue weighted by Crippen LogP contribution is -2.28. The third kappa shape index (κ3) is 3.60. The van der Waals surface area contributed by atoms with Crippen LogP contribution in [0.25, 0.3) is 11.3 Å². The number of rotatable bonds is 4. The molecular formula is C16H12F2N4O3. The van der Waals surface area contributed by atoms with E-state index in [2.05, 4.69) is 15.6 Å². The van der Waals surface area contributed by atoms with Crippen molar-refractivity contribution in [2.75, 3.05) is 0 Å². The van der Waals surface area contributed by atoms with Gasteiger partial charge in [0.25, 0.3) is 11.5 Å². The summed E-state index contributed by atoms with van der Waals surface area (Å²) in [5.74, 6) is -1.87. The van der Waals surface area contributed by atoms with Gasteiger partial charge < -0.3 is 9.84 Å². The molecule has 0 unspecified atom stereocenters. The van der Waals surface area contributed by atoms with E-state index < -0.39 is 17.5 Å². The smallest absolute Gasteiger partial charge is 0.272 e. The van der Waals surface area contributed by atoms with E-state index in [9.17, 15) is 18.4 Å². The molecule has 0 bridgehead atoms. The third-order valence-electron chi connectivity index (χ3n) is 3.38. The topological polar surface area (TPSA) is 90.0 Å². The molecule has 0 saturated carbocycles. The van der Waals surface area contributed by atoms with Gasteiger partial charge in [0.2, 0.25) is 0 Å². The molecule has 7 nitrogen and oxygen atoms in total. The Bertz CT molecular complexity index is 997. The predicted octanol–water partition coefficient (Wildman–Crippen LogP) is 1.64. The number of halogens is 2. The van der Waals surface area contributed by atoms with E-state index in [1.807, 2.05) is 0 Å². The van der Waals surface area contributed by atoms with Crippen LogP contribution in [0.15, 0.2) is 45.7 Å². The Hall–Kier alpha value is -3.36. The maximum atomic E-state index is 13.7. The molecule has 0 spiro atoms. The number of aryl methyl sites for hydroxylation is 1. The Morgan fingerprint density at radius 2 is 2.04 bits per heavy atom. The number of benzene rings is 1. The molecule has 2 heterocycles. The first kappa shape index (κ1) is 16.5. The maximum Gasteiger partial charge on any atom is 0.272 e. The summed E-state index contributed by atoms with van der Waals surface area (Å²) in [6.07, 6.45) is 0. The van der Waals surface area contributed by atoms with Crippen LogP contribution in [0.3, 0.4) is 0 Å². The highest BCUT2D eigenvalue weighted by atomic mass is 19.1. The molecule has 0 radical (unpaired) electrons. The second kappa shape index (κ2) is 6.63.